The van der Waals surface area contributed by atoms with E-state index >= 15 is 0 Å². The van der Waals surface area contributed by atoms with Gasteiger partial charge >= 0.3 is 6.03 Å². The van der Waals surface area contributed by atoms with Crippen LogP contribution in [0.25, 0.3) is 0 Å². The molecule has 3 aromatic rings. The van der Waals surface area contributed by atoms with Gasteiger partial charge in [0.2, 0.25) is 5.01 Å². The highest BCUT2D eigenvalue weighted by Gasteiger charge is 2.33. The molecule has 0 aliphatic carbocycles. The summed E-state index contributed by atoms with van der Waals surface area (Å²) in [6.07, 6.45) is 2.29. The fourth-order valence-corrected chi connectivity index (χ4v) is 4.43. The lowest BCUT2D eigenvalue weighted by Gasteiger charge is -2.23. The molecule has 2 aromatic carbocycles. The van der Waals surface area contributed by atoms with Crippen LogP contribution in [0.3, 0.4) is 0 Å². The first-order chi connectivity index (χ1) is 15.5. The van der Waals surface area contributed by atoms with Gasteiger partial charge < -0.3 is 15.5 Å². The molecular weight excluding hydrogens is 436 g/mol. The maximum absolute atomic E-state index is 13.3. The minimum absolute atomic E-state index is 0.0843. The number of carbonyl (C=O) groups excluding carboxylic acids is 2. The minimum Gasteiger partial charge on any atom is -0.338 e. The number of nitrogens with one attached hydrogen (secondary N) is 2. The molecule has 0 bridgehead atoms. The number of aromatic nitrogens is 2. The summed E-state index contributed by atoms with van der Waals surface area (Å²) in [5.74, 6) is -2.62. The van der Waals surface area contributed by atoms with Crippen molar-refractivity contribution in [1.82, 2.24) is 20.4 Å². The molecular formula is C22H21F2N5O2S. The van der Waals surface area contributed by atoms with Crippen LogP contribution in [0.2, 0.25) is 0 Å². The average molecular weight is 458 g/mol. The van der Waals surface area contributed by atoms with Crippen LogP contribution in [0.5, 0.6) is 0 Å². The molecule has 1 saturated heterocycles. The van der Waals surface area contributed by atoms with E-state index in [1.165, 1.54) is 6.07 Å². The molecule has 32 heavy (non-hydrogen) atoms. The topological polar surface area (TPSA) is 87.2 Å². The second-order valence-corrected chi connectivity index (χ2v) is 8.36. The van der Waals surface area contributed by atoms with Gasteiger partial charge in [0.1, 0.15) is 5.01 Å². The number of urea groups is 1. The number of benzene rings is 2. The summed E-state index contributed by atoms with van der Waals surface area (Å²) in [6, 6.07) is 12.6. The normalized spacial score (nSPS) is 15.6. The Morgan fingerprint density at radius 3 is 2.69 bits per heavy atom. The van der Waals surface area contributed by atoms with Crippen molar-refractivity contribution in [2.75, 3.05) is 18.4 Å². The first kappa shape index (κ1) is 21.8. The van der Waals surface area contributed by atoms with Crippen LogP contribution in [0.1, 0.15) is 39.3 Å². The van der Waals surface area contributed by atoms with E-state index in [0.717, 1.165) is 48.3 Å². The first-order valence-electron chi connectivity index (χ1n) is 10.2. The molecule has 2 N–H and O–H groups in total. The van der Waals surface area contributed by atoms with Gasteiger partial charge in [0.25, 0.3) is 5.91 Å². The minimum atomic E-state index is -1.05. The Morgan fingerprint density at radius 1 is 1.09 bits per heavy atom. The van der Waals surface area contributed by atoms with E-state index in [2.05, 4.69) is 20.8 Å². The number of hydrogen-bond donors (Lipinski definition) is 2. The molecule has 1 aliphatic heterocycles. The molecule has 3 amide bonds. The van der Waals surface area contributed by atoms with Crippen molar-refractivity contribution < 1.29 is 18.4 Å². The van der Waals surface area contributed by atoms with Gasteiger partial charge in [-0.15, -0.1) is 10.2 Å². The molecule has 7 nitrogen and oxygen atoms in total. The number of amides is 3. The Balaban J connectivity index is 1.36. The molecule has 0 saturated carbocycles. The number of rotatable bonds is 6. The summed E-state index contributed by atoms with van der Waals surface area (Å²) in [4.78, 5) is 26.8. The number of hydrogen-bond acceptors (Lipinski definition) is 5. The van der Waals surface area contributed by atoms with Gasteiger partial charge in [-0.2, -0.15) is 0 Å². The van der Waals surface area contributed by atoms with Crippen LogP contribution in [0.4, 0.5) is 19.3 Å². The molecule has 0 unspecified atom stereocenters. The van der Waals surface area contributed by atoms with Crippen molar-refractivity contribution in [2.45, 2.75) is 25.3 Å². The third kappa shape index (κ3) is 5.08. The van der Waals surface area contributed by atoms with Crippen LogP contribution in [0, 0.1) is 11.6 Å². The van der Waals surface area contributed by atoms with Crippen molar-refractivity contribution in [2.24, 2.45) is 0 Å². The molecule has 0 radical (unpaired) electrons. The summed E-state index contributed by atoms with van der Waals surface area (Å²) in [7, 11) is 0. The third-order valence-electron chi connectivity index (χ3n) is 5.14. The maximum Gasteiger partial charge on any atom is 0.318 e. The molecule has 4 rings (SSSR count). The molecule has 166 valence electrons. The molecule has 10 heteroatoms. The zero-order chi connectivity index (χ0) is 22.5. The number of nitrogens with zero attached hydrogens (tertiary/aromatic N) is 3. The van der Waals surface area contributed by atoms with E-state index in [9.17, 15) is 18.4 Å². The average Bonchev–Trinajstić information content (AvgIpc) is 3.46. The lowest BCUT2D eigenvalue weighted by Crippen LogP contribution is -2.40. The van der Waals surface area contributed by atoms with Crippen molar-refractivity contribution in [3.05, 3.63) is 75.7 Å². The van der Waals surface area contributed by atoms with Crippen molar-refractivity contribution in [3.8, 4) is 0 Å². The Kier molecular flexibility index (Phi) is 6.69. The van der Waals surface area contributed by atoms with E-state index in [1.54, 1.807) is 4.90 Å². The lowest BCUT2D eigenvalue weighted by molar-refractivity contribution is 0.102. The number of anilines is 1. The highest BCUT2D eigenvalue weighted by molar-refractivity contribution is 7.13. The third-order valence-corrected chi connectivity index (χ3v) is 6.17. The Labute approximate surface area is 187 Å². The Morgan fingerprint density at radius 2 is 1.91 bits per heavy atom. The summed E-state index contributed by atoms with van der Waals surface area (Å²) >= 11 is 1.08. The molecule has 1 aliphatic rings. The van der Waals surface area contributed by atoms with Gasteiger partial charge in [0.05, 0.1) is 6.04 Å². The van der Waals surface area contributed by atoms with E-state index < -0.39 is 17.5 Å². The monoisotopic (exact) mass is 457 g/mol. The zero-order valence-electron chi connectivity index (χ0n) is 17.1. The number of carbonyl (C=O) groups is 2. The zero-order valence-corrected chi connectivity index (χ0v) is 17.9. The van der Waals surface area contributed by atoms with Crippen molar-refractivity contribution >= 4 is 29.0 Å². The second kappa shape index (κ2) is 9.82. The fourth-order valence-electron chi connectivity index (χ4n) is 3.55. The lowest BCUT2D eigenvalue weighted by atomic mass is 10.1. The van der Waals surface area contributed by atoms with E-state index in [1.807, 2.05) is 30.3 Å². The Bertz CT molecular complexity index is 1110. The van der Waals surface area contributed by atoms with Gasteiger partial charge in [-0.25, -0.2) is 13.6 Å². The highest BCUT2D eigenvalue weighted by Crippen LogP contribution is 2.33. The van der Waals surface area contributed by atoms with Crippen LogP contribution >= 0.6 is 11.3 Å². The van der Waals surface area contributed by atoms with E-state index in [0.29, 0.717) is 18.1 Å². The van der Waals surface area contributed by atoms with Gasteiger partial charge in [-0.05, 0) is 37.0 Å². The number of likely N-dealkylation sites (tertiary alicyclic amines) is 1. The summed E-state index contributed by atoms with van der Waals surface area (Å²) in [5, 5.41) is 14.1. The van der Waals surface area contributed by atoms with E-state index in [4.69, 9.17) is 0 Å². The predicted octanol–water partition coefficient (Wildman–Crippen LogP) is 4.16. The van der Waals surface area contributed by atoms with Crippen molar-refractivity contribution in [3.63, 3.8) is 0 Å². The standard InChI is InChI=1S/C22H21F2N5O2S/c23-16-9-8-15(13-17(16)24)26-19(30)21-28-27-20(32-21)18-7-4-12-29(18)22(31)25-11-10-14-5-2-1-3-6-14/h1-3,5-6,8-9,13,18H,4,7,10-12H2,(H,25,31)(H,26,30)/t18-/m1/s1. The highest BCUT2D eigenvalue weighted by atomic mass is 32.1. The molecule has 2 heterocycles. The maximum atomic E-state index is 13.3. The summed E-state index contributed by atoms with van der Waals surface area (Å²) < 4.78 is 26.4. The fraction of sp³-hybridized carbons (Fsp3) is 0.273. The van der Waals surface area contributed by atoms with Gasteiger partial charge in [0.15, 0.2) is 11.6 Å². The number of halogens is 2. The molecule has 1 aromatic heterocycles. The van der Waals surface area contributed by atoms with Gasteiger partial charge in [-0.1, -0.05) is 41.7 Å². The summed E-state index contributed by atoms with van der Waals surface area (Å²) in [6.45, 7) is 1.11. The largest absolute Gasteiger partial charge is 0.338 e. The van der Waals surface area contributed by atoms with Crippen LogP contribution < -0.4 is 10.6 Å². The smallest absolute Gasteiger partial charge is 0.318 e. The van der Waals surface area contributed by atoms with Crippen LogP contribution in [-0.4, -0.2) is 40.1 Å². The van der Waals surface area contributed by atoms with Gasteiger partial charge in [0, 0.05) is 24.8 Å². The summed E-state index contributed by atoms with van der Waals surface area (Å²) in [5.41, 5.74) is 1.26. The van der Waals surface area contributed by atoms with Crippen LogP contribution in [0.15, 0.2) is 48.5 Å². The molecule has 0 spiro atoms. The van der Waals surface area contributed by atoms with Gasteiger partial charge in [-0.3, -0.25) is 4.79 Å². The Hall–Kier alpha value is -3.40. The SMILES string of the molecule is O=C(Nc1ccc(F)c(F)c1)c1nnc([C@H]2CCCN2C(=O)NCCc2ccccc2)s1. The molecule has 1 fully saturated rings. The van der Waals surface area contributed by atoms with E-state index in [-0.39, 0.29) is 22.8 Å². The second-order valence-electron chi connectivity index (χ2n) is 7.35. The van der Waals surface area contributed by atoms with Crippen LogP contribution in [-0.2, 0) is 6.42 Å². The predicted molar refractivity (Wildman–Crippen MR) is 116 cm³/mol. The molecule has 1 atom stereocenters. The quantitative estimate of drug-likeness (QED) is 0.582. The van der Waals surface area contributed by atoms with Crippen molar-refractivity contribution in [1.29, 1.82) is 0 Å². The first-order valence-corrected chi connectivity index (χ1v) is 11.0.